The van der Waals surface area contributed by atoms with Gasteiger partial charge in [-0.2, -0.15) is 0 Å². The van der Waals surface area contributed by atoms with Crippen LogP contribution in [0.3, 0.4) is 0 Å². The predicted molar refractivity (Wildman–Crippen MR) is 44.1 cm³/mol. The predicted octanol–water partition coefficient (Wildman–Crippen LogP) is -0.350. The zero-order valence-corrected chi connectivity index (χ0v) is 6.82. The van der Waals surface area contributed by atoms with Crippen LogP contribution in [0.4, 0.5) is 0 Å². The van der Waals surface area contributed by atoms with Gasteiger partial charge >= 0.3 is 0 Å². The van der Waals surface area contributed by atoms with E-state index in [1.807, 2.05) is 0 Å². The molecular weight excluding hydrogens is 156 g/mol. The highest BCUT2D eigenvalue weighted by atomic mass is 16.2. The van der Waals surface area contributed by atoms with E-state index in [0.29, 0.717) is 13.1 Å². The molecule has 0 radical (unpaired) electrons. The van der Waals surface area contributed by atoms with Gasteiger partial charge < -0.3 is 5.73 Å². The third-order valence-corrected chi connectivity index (χ3v) is 1.74. The minimum Gasteiger partial charge on any atom is -0.330 e. The van der Waals surface area contributed by atoms with Crippen molar-refractivity contribution in [3.8, 4) is 0 Å². The van der Waals surface area contributed by atoms with Crippen molar-refractivity contribution >= 4 is 11.8 Å². The van der Waals surface area contributed by atoms with Crippen LogP contribution in [0.5, 0.6) is 0 Å². The zero-order valence-electron chi connectivity index (χ0n) is 6.82. The molecule has 1 aliphatic rings. The fraction of sp³-hybridized carbons (Fsp3) is 0.500. The quantitative estimate of drug-likeness (QED) is 0.461. The van der Waals surface area contributed by atoms with Crippen molar-refractivity contribution in [2.45, 2.75) is 12.8 Å². The second-order valence-corrected chi connectivity index (χ2v) is 2.66. The Labute approximate surface area is 71.0 Å². The normalized spacial score (nSPS) is 16.2. The van der Waals surface area contributed by atoms with Crippen molar-refractivity contribution < 1.29 is 9.59 Å². The van der Waals surface area contributed by atoms with Crippen molar-refractivity contribution in [1.29, 1.82) is 0 Å². The van der Waals surface area contributed by atoms with Crippen LogP contribution in [-0.4, -0.2) is 29.8 Å². The molecule has 0 spiro atoms. The Morgan fingerprint density at radius 3 is 2.25 bits per heavy atom. The lowest BCUT2D eigenvalue weighted by Gasteiger charge is -2.12. The average molecular weight is 168 g/mol. The first-order valence-electron chi connectivity index (χ1n) is 3.99. The number of amides is 2. The number of imide groups is 1. The molecule has 2 amide bonds. The van der Waals surface area contributed by atoms with Crippen molar-refractivity contribution in [2.24, 2.45) is 5.73 Å². The smallest absolute Gasteiger partial charge is 0.253 e. The van der Waals surface area contributed by atoms with E-state index in [-0.39, 0.29) is 11.8 Å². The largest absolute Gasteiger partial charge is 0.330 e. The summed E-state index contributed by atoms with van der Waals surface area (Å²) < 4.78 is 0. The molecule has 0 aliphatic carbocycles. The first-order chi connectivity index (χ1) is 5.75. The molecule has 0 bridgehead atoms. The lowest BCUT2D eigenvalue weighted by Crippen LogP contribution is -2.31. The summed E-state index contributed by atoms with van der Waals surface area (Å²) in [5, 5.41) is 0. The molecule has 0 aromatic heterocycles. The molecule has 0 saturated heterocycles. The Morgan fingerprint density at radius 1 is 1.17 bits per heavy atom. The van der Waals surface area contributed by atoms with Gasteiger partial charge in [-0.25, -0.2) is 0 Å². The fourth-order valence-electron chi connectivity index (χ4n) is 1.07. The van der Waals surface area contributed by atoms with Gasteiger partial charge in [-0.1, -0.05) is 0 Å². The van der Waals surface area contributed by atoms with Crippen LogP contribution >= 0.6 is 0 Å². The summed E-state index contributed by atoms with van der Waals surface area (Å²) >= 11 is 0. The molecule has 2 N–H and O–H groups in total. The maximum Gasteiger partial charge on any atom is 0.253 e. The van der Waals surface area contributed by atoms with Crippen LogP contribution in [0, 0.1) is 0 Å². The van der Waals surface area contributed by atoms with E-state index >= 15 is 0 Å². The summed E-state index contributed by atoms with van der Waals surface area (Å²) in [5.41, 5.74) is 5.28. The van der Waals surface area contributed by atoms with Crippen molar-refractivity contribution in [3.05, 3.63) is 12.2 Å². The van der Waals surface area contributed by atoms with E-state index < -0.39 is 0 Å². The van der Waals surface area contributed by atoms with Gasteiger partial charge in [0, 0.05) is 18.7 Å². The summed E-state index contributed by atoms with van der Waals surface area (Å²) in [6, 6.07) is 0. The number of rotatable bonds is 4. The minimum atomic E-state index is -0.211. The van der Waals surface area contributed by atoms with Gasteiger partial charge in [0.25, 0.3) is 11.8 Å². The van der Waals surface area contributed by atoms with E-state index in [9.17, 15) is 9.59 Å². The topological polar surface area (TPSA) is 63.4 Å². The van der Waals surface area contributed by atoms with E-state index in [0.717, 1.165) is 12.8 Å². The van der Waals surface area contributed by atoms with Crippen LogP contribution in [0.2, 0.25) is 0 Å². The highest BCUT2D eigenvalue weighted by molar-refractivity contribution is 6.12. The summed E-state index contributed by atoms with van der Waals surface area (Å²) in [7, 11) is 0. The molecule has 0 aromatic rings. The van der Waals surface area contributed by atoms with Gasteiger partial charge in [-0.05, 0) is 19.4 Å². The van der Waals surface area contributed by atoms with Crippen LogP contribution in [-0.2, 0) is 9.59 Å². The lowest BCUT2D eigenvalue weighted by molar-refractivity contribution is -0.136. The van der Waals surface area contributed by atoms with Gasteiger partial charge in [0.15, 0.2) is 0 Å². The number of carbonyl (C=O) groups is 2. The van der Waals surface area contributed by atoms with E-state index in [1.165, 1.54) is 17.1 Å². The standard InChI is InChI=1S/C8H12N2O2/c9-5-1-2-6-10-7(11)3-4-8(10)12/h3-4H,1-2,5-6,9H2. The number of unbranched alkanes of at least 4 members (excludes halogenated alkanes) is 1. The van der Waals surface area contributed by atoms with Crippen LogP contribution in [0.1, 0.15) is 12.8 Å². The van der Waals surface area contributed by atoms with E-state index in [1.54, 1.807) is 0 Å². The highest BCUT2D eigenvalue weighted by Crippen LogP contribution is 2.04. The molecule has 0 aromatic carbocycles. The van der Waals surface area contributed by atoms with E-state index in [2.05, 4.69) is 0 Å². The molecule has 1 aliphatic heterocycles. The Hall–Kier alpha value is -1.16. The molecule has 12 heavy (non-hydrogen) atoms. The molecule has 66 valence electrons. The molecule has 0 unspecified atom stereocenters. The van der Waals surface area contributed by atoms with Gasteiger partial charge in [0.1, 0.15) is 0 Å². The van der Waals surface area contributed by atoms with Gasteiger partial charge in [-0.15, -0.1) is 0 Å². The van der Waals surface area contributed by atoms with Crippen molar-refractivity contribution in [1.82, 2.24) is 4.90 Å². The second kappa shape index (κ2) is 4.01. The number of nitrogens with zero attached hydrogens (tertiary/aromatic N) is 1. The van der Waals surface area contributed by atoms with Crippen molar-refractivity contribution in [2.75, 3.05) is 13.1 Å². The minimum absolute atomic E-state index is 0.211. The lowest BCUT2D eigenvalue weighted by atomic mass is 10.3. The number of hydrogen-bond donors (Lipinski definition) is 1. The molecule has 0 fully saturated rings. The molecule has 1 heterocycles. The third kappa shape index (κ3) is 1.92. The Bertz CT molecular complexity index is 205. The zero-order chi connectivity index (χ0) is 8.97. The molecular formula is C8H12N2O2. The summed E-state index contributed by atoms with van der Waals surface area (Å²) in [6.45, 7) is 1.09. The summed E-state index contributed by atoms with van der Waals surface area (Å²) in [4.78, 5) is 23.2. The summed E-state index contributed by atoms with van der Waals surface area (Å²) in [6.07, 6.45) is 4.22. The van der Waals surface area contributed by atoms with E-state index in [4.69, 9.17) is 5.73 Å². The number of carbonyl (C=O) groups excluding carboxylic acids is 2. The maximum absolute atomic E-state index is 11.0. The molecule has 4 nitrogen and oxygen atoms in total. The van der Waals surface area contributed by atoms with Gasteiger partial charge in [0.2, 0.25) is 0 Å². The van der Waals surface area contributed by atoms with Crippen LogP contribution in [0.25, 0.3) is 0 Å². The Kier molecular flexibility index (Phi) is 2.99. The first kappa shape index (κ1) is 8.93. The van der Waals surface area contributed by atoms with Gasteiger partial charge in [-0.3, -0.25) is 14.5 Å². The molecule has 0 atom stereocenters. The average Bonchev–Trinajstić information content (AvgIpc) is 2.35. The second-order valence-electron chi connectivity index (χ2n) is 2.66. The SMILES string of the molecule is NCCCCN1C(=O)C=CC1=O. The molecule has 1 rings (SSSR count). The number of hydrogen-bond acceptors (Lipinski definition) is 3. The highest BCUT2D eigenvalue weighted by Gasteiger charge is 2.21. The third-order valence-electron chi connectivity index (χ3n) is 1.74. The monoisotopic (exact) mass is 168 g/mol. The molecule has 0 saturated carbocycles. The molecule has 4 heteroatoms. The van der Waals surface area contributed by atoms with Crippen LogP contribution < -0.4 is 5.73 Å². The van der Waals surface area contributed by atoms with Gasteiger partial charge in [0.05, 0.1) is 0 Å². The number of nitrogens with two attached hydrogens (primary N) is 1. The van der Waals surface area contributed by atoms with Crippen LogP contribution in [0.15, 0.2) is 12.2 Å². The first-order valence-corrected chi connectivity index (χ1v) is 3.99. The Balaban J connectivity index is 2.33. The summed E-state index contributed by atoms with van der Waals surface area (Å²) in [5.74, 6) is -0.422. The van der Waals surface area contributed by atoms with Crippen molar-refractivity contribution in [3.63, 3.8) is 0 Å². The maximum atomic E-state index is 11.0. The Morgan fingerprint density at radius 2 is 1.75 bits per heavy atom. The fourth-order valence-corrected chi connectivity index (χ4v) is 1.07.